The molecule has 1 saturated heterocycles. The number of thiophene rings is 1. The van der Waals surface area contributed by atoms with Crippen LogP contribution in [0.4, 0.5) is 0 Å². The highest BCUT2D eigenvalue weighted by Crippen LogP contribution is 2.38. The Labute approximate surface area is 83.0 Å². The van der Waals surface area contributed by atoms with Gasteiger partial charge in [0.2, 0.25) is 0 Å². The number of thioether (sulfide) groups is 1. The van der Waals surface area contributed by atoms with Crippen LogP contribution in [-0.4, -0.2) is 15.7 Å². The molecule has 2 heterocycles. The Morgan fingerprint density at radius 3 is 3.17 bits per heavy atom. The zero-order valence-electron chi connectivity index (χ0n) is 6.56. The third-order valence-corrected chi connectivity index (χ3v) is 6.56. The van der Waals surface area contributed by atoms with Crippen LogP contribution in [0.5, 0.6) is 0 Å². The molecule has 0 aliphatic carbocycles. The number of hydrogen-bond acceptors (Lipinski definition) is 3. The summed E-state index contributed by atoms with van der Waals surface area (Å²) in [6.07, 6.45) is 1.11. The Morgan fingerprint density at radius 2 is 2.50 bits per heavy atom. The van der Waals surface area contributed by atoms with Gasteiger partial charge in [0.25, 0.3) is 0 Å². The summed E-state index contributed by atoms with van der Waals surface area (Å²) in [5.41, 5.74) is 0. The summed E-state index contributed by atoms with van der Waals surface area (Å²) in [5.74, 6) is 2.05. The van der Waals surface area contributed by atoms with Gasteiger partial charge in [0, 0.05) is 21.4 Å². The van der Waals surface area contributed by atoms with Gasteiger partial charge in [-0.05, 0) is 23.6 Å². The average molecular weight is 218 g/mol. The van der Waals surface area contributed by atoms with Gasteiger partial charge in [-0.1, -0.05) is 6.07 Å². The van der Waals surface area contributed by atoms with E-state index in [2.05, 4.69) is 11.4 Å². The van der Waals surface area contributed by atoms with E-state index in [9.17, 15) is 4.21 Å². The molecule has 0 spiro atoms. The van der Waals surface area contributed by atoms with Crippen LogP contribution in [0.3, 0.4) is 0 Å². The Balaban J connectivity index is 2.17. The lowest BCUT2D eigenvalue weighted by Gasteiger charge is -2.19. The van der Waals surface area contributed by atoms with Gasteiger partial charge in [-0.15, -0.1) is 23.1 Å². The van der Waals surface area contributed by atoms with E-state index < -0.39 is 10.8 Å². The lowest BCUT2D eigenvalue weighted by Crippen LogP contribution is -2.12. The number of rotatable bonds is 1. The van der Waals surface area contributed by atoms with Crippen molar-refractivity contribution in [2.75, 3.05) is 11.5 Å². The van der Waals surface area contributed by atoms with Crippen LogP contribution in [0.1, 0.15) is 15.9 Å². The lowest BCUT2D eigenvalue weighted by atomic mass is 10.5. The van der Waals surface area contributed by atoms with Gasteiger partial charge in [0.15, 0.2) is 0 Å². The summed E-state index contributed by atoms with van der Waals surface area (Å²) in [5, 5.41) is 2.06. The van der Waals surface area contributed by atoms with Crippen molar-refractivity contribution in [3.8, 4) is 0 Å². The number of hydrogen-bond donors (Lipinski definition) is 0. The van der Waals surface area contributed by atoms with Gasteiger partial charge in [-0.25, -0.2) is 0 Å². The van der Waals surface area contributed by atoms with Crippen LogP contribution >= 0.6 is 23.1 Å². The lowest BCUT2D eigenvalue weighted by molar-refractivity contribution is 0.680. The summed E-state index contributed by atoms with van der Waals surface area (Å²) in [6, 6.07) is 4.12. The summed E-state index contributed by atoms with van der Waals surface area (Å²) in [4.78, 5) is 1.28. The van der Waals surface area contributed by atoms with E-state index in [1.165, 1.54) is 4.88 Å². The van der Waals surface area contributed by atoms with Gasteiger partial charge >= 0.3 is 0 Å². The molecule has 4 heteroatoms. The molecule has 0 amide bonds. The van der Waals surface area contributed by atoms with Crippen molar-refractivity contribution in [3.05, 3.63) is 22.4 Å². The molecule has 0 saturated carbocycles. The van der Waals surface area contributed by atoms with Gasteiger partial charge in [-0.2, -0.15) is 0 Å². The van der Waals surface area contributed by atoms with Gasteiger partial charge in [-0.3, -0.25) is 4.21 Å². The molecule has 1 aromatic heterocycles. The fourth-order valence-corrected chi connectivity index (χ4v) is 5.77. The van der Waals surface area contributed by atoms with E-state index in [-0.39, 0.29) is 4.58 Å². The third-order valence-electron chi connectivity index (χ3n) is 1.77. The molecule has 1 aromatic rings. The minimum atomic E-state index is -0.634. The molecule has 2 atom stereocenters. The molecule has 1 nitrogen and oxygen atoms in total. The fourth-order valence-electron chi connectivity index (χ4n) is 1.21. The van der Waals surface area contributed by atoms with Crippen molar-refractivity contribution in [2.45, 2.75) is 11.0 Å². The summed E-state index contributed by atoms with van der Waals surface area (Å²) >= 11 is 3.56. The van der Waals surface area contributed by atoms with Crippen LogP contribution in [0.25, 0.3) is 0 Å². The Morgan fingerprint density at radius 1 is 1.58 bits per heavy atom. The largest absolute Gasteiger partial charge is 0.258 e. The maximum Gasteiger partial charge on any atom is 0.114 e. The van der Waals surface area contributed by atoms with E-state index in [0.717, 1.165) is 17.9 Å². The summed E-state index contributed by atoms with van der Waals surface area (Å²) < 4.78 is 11.9. The summed E-state index contributed by atoms with van der Waals surface area (Å²) in [7, 11) is -0.634. The fraction of sp³-hybridized carbons (Fsp3) is 0.500. The molecule has 66 valence electrons. The Hall–Kier alpha value is 0.200. The monoisotopic (exact) mass is 218 g/mol. The molecule has 12 heavy (non-hydrogen) atoms. The SMILES string of the molecule is O=S1CCCS[C@H]1c1cccs1. The maximum absolute atomic E-state index is 11.6. The first kappa shape index (κ1) is 8.78. The predicted octanol–water partition coefficient (Wildman–Crippen LogP) is 2.63. The quantitative estimate of drug-likeness (QED) is 0.721. The summed E-state index contributed by atoms with van der Waals surface area (Å²) in [6.45, 7) is 0. The highest BCUT2D eigenvalue weighted by molar-refractivity contribution is 8.11. The van der Waals surface area contributed by atoms with Gasteiger partial charge in [0.1, 0.15) is 4.58 Å². The Kier molecular flexibility index (Phi) is 2.88. The van der Waals surface area contributed by atoms with Crippen LogP contribution in [0, 0.1) is 0 Å². The van der Waals surface area contributed by atoms with Crippen LogP contribution in [0.2, 0.25) is 0 Å². The van der Waals surface area contributed by atoms with Gasteiger partial charge in [0.05, 0.1) is 0 Å². The topological polar surface area (TPSA) is 17.1 Å². The molecule has 1 fully saturated rings. The van der Waals surface area contributed by atoms with Crippen molar-refractivity contribution in [1.29, 1.82) is 0 Å². The molecule has 0 bridgehead atoms. The molecule has 1 unspecified atom stereocenters. The second kappa shape index (κ2) is 3.94. The minimum Gasteiger partial charge on any atom is -0.258 e. The molecule has 0 radical (unpaired) electrons. The van der Waals surface area contributed by atoms with Crippen LogP contribution < -0.4 is 0 Å². The van der Waals surface area contributed by atoms with E-state index >= 15 is 0 Å². The Bertz CT molecular complexity index is 268. The molecular formula is C8H10OS3. The molecule has 1 aliphatic heterocycles. The zero-order chi connectivity index (χ0) is 8.39. The van der Waals surface area contributed by atoms with Crippen molar-refractivity contribution >= 4 is 33.9 Å². The standard InChI is InChI=1S/C8H10OS3/c9-12-6-2-5-11-8(12)7-3-1-4-10-7/h1,3-4,8H,2,5-6H2/t8-,12?/m1/s1. The zero-order valence-corrected chi connectivity index (χ0v) is 9.01. The third kappa shape index (κ3) is 1.75. The molecular weight excluding hydrogens is 208 g/mol. The second-order valence-corrected chi connectivity index (χ2v) is 6.79. The molecule has 0 N–H and O–H groups in total. The maximum atomic E-state index is 11.6. The highest BCUT2D eigenvalue weighted by Gasteiger charge is 2.23. The van der Waals surface area contributed by atoms with E-state index in [0.29, 0.717) is 0 Å². The van der Waals surface area contributed by atoms with E-state index in [1.807, 2.05) is 17.8 Å². The van der Waals surface area contributed by atoms with Crippen molar-refractivity contribution in [2.24, 2.45) is 0 Å². The van der Waals surface area contributed by atoms with E-state index in [4.69, 9.17) is 0 Å². The highest BCUT2D eigenvalue weighted by atomic mass is 32.2. The molecule has 2 rings (SSSR count). The van der Waals surface area contributed by atoms with Crippen molar-refractivity contribution in [3.63, 3.8) is 0 Å². The smallest absolute Gasteiger partial charge is 0.114 e. The van der Waals surface area contributed by atoms with Crippen LogP contribution in [0.15, 0.2) is 17.5 Å². The normalized spacial score (nSPS) is 30.3. The first-order chi connectivity index (χ1) is 5.88. The first-order valence-electron chi connectivity index (χ1n) is 3.90. The average Bonchev–Trinajstić information content (AvgIpc) is 2.57. The molecule has 1 aliphatic rings. The second-order valence-electron chi connectivity index (χ2n) is 2.66. The predicted molar refractivity (Wildman–Crippen MR) is 57.1 cm³/mol. The van der Waals surface area contributed by atoms with Crippen LogP contribution in [-0.2, 0) is 10.8 Å². The van der Waals surface area contributed by atoms with Crippen molar-refractivity contribution in [1.82, 2.24) is 0 Å². The molecule has 0 aromatic carbocycles. The van der Waals surface area contributed by atoms with Gasteiger partial charge < -0.3 is 0 Å². The van der Waals surface area contributed by atoms with E-state index in [1.54, 1.807) is 11.3 Å². The first-order valence-corrected chi connectivity index (χ1v) is 7.21. The minimum absolute atomic E-state index is 0.263. The van der Waals surface area contributed by atoms with Crippen molar-refractivity contribution < 1.29 is 4.21 Å².